The molecule has 0 spiro atoms. The largest absolute Gasteiger partial charge is 0.338 e. The molecule has 2 heterocycles. The molecule has 0 atom stereocenters. The minimum absolute atomic E-state index is 0.883. The first kappa shape index (κ1) is 14.5. The van der Waals surface area contributed by atoms with Crippen molar-refractivity contribution in [3.8, 4) is 11.4 Å². The molecule has 4 rings (SSSR count). The quantitative estimate of drug-likeness (QED) is 0.774. The number of aromatic amines is 1. The van der Waals surface area contributed by atoms with Crippen molar-refractivity contribution in [1.82, 2.24) is 14.9 Å². The lowest BCUT2D eigenvalue weighted by atomic mass is 9.98. The number of hydrogen-bond acceptors (Lipinski definition) is 2. The third-order valence-corrected chi connectivity index (χ3v) is 4.87. The van der Waals surface area contributed by atoms with Gasteiger partial charge in [0.15, 0.2) is 0 Å². The van der Waals surface area contributed by atoms with Gasteiger partial charge in [-0.05, 0) is 55.6 Å². The number of H-pyrrole nitrogens is 1. The summed E-state index contributed by atoms with van der Waals surface area (Å²) in [4.78, 5) is 10.7. The van der Waals surface area contributed by atoms with Gasteiger partial charge in [-0.25, -0.2) is 4.98 Å². The van der Waals surface area contributed by atoms with E-state index in [9.17, 15) is 0 Å². The van der Waals surface area contributed by atoms with E-state index in [1.54, 1.807) is 0 Å². The van der Waals surface area contributed by atoms with Gasteiger partial charge in [-0.15, -0.1) is 0 Å². The summed E-state index contributed by atoms with van der Waals surface area (Å²) in [6, 6.07) is 17.0. The van der Waals surface area contributed by atoms with Gasteiger partial charge in [0.25, 0.3) is 0 Å². The predicted octanol–water partition coefficient (Wildman–Crippen LogP) is 4.46. The summed E-state index contributed by atoms with van der Waals surface area (Å²) in [7, 11) is 0. The van der Waals surface area contributed by atoms with E-state index < -0.39 is 0 Å². The smallest absolute Gasteiger partial charge is 0.138 e. The van der Waals surface area contributed by atoms with Crippen molar-refractivity contribution in [3.05, 3.63) is 54.1 Å². The molecule has 1 N–H and O–H groups in total. The zero-order valence-electron chi connectivity index (χ0n) is 13.6. The zero-order valence-corrected chi connectivity index (χ0v) is 13.6. The summed E-state index contributed by atoms with van der Waals surface area (Å²) in [5.41, 5.74) is 4.66. The van der Waals surface area contributed by atoms with E-state index in [2.05, 4.69) is 47.1 Å². The molecule has 2 aromatic carbocycles. The topological polar surface area (TPSA) is 31.9 Å². The summed E-state index contributed by atoms with van der Waals surface area (Å²) in [6.45, 7) is 5.84. The molecular weight excluding hydrogens is 282 g/mol. The van der Waals surface area contributed by atoms with Crippen LogP contribution in [0.1, 0.15) is 25.3 Å². The molecule has 0 amide bonds. The summed E-state index contributed by atoms with van der Waals surface area (Å²) < 4.78 is 0. The van der Waals surface area contributed by atoms with Gasteiger partial charge in [0.05, 0.1) is 11.0 Å². The lowest BCUT2D eigenvalue weighted by Gasteiger charge is -2.30. The Balaban J connectivity index is 1.56. The maximum atomic E-state index is 4.71. The Hall–Kier alpha value is -2.13. The lowest BCUT2D eigenvalue weighted by molar-refractivity contribution is 0.185. The Bertz CT molecular complexity index is 764. The molecule has 0 aliphatic carbocycles. The lowest BCUT2D eigenvalue weighted by Crippen LogP contribution is -2.32. The molecule has 3 aromatic rings. The summed E-state index contributed by atoms with van der Waals surface area (Å²) >= 11 is 0. The van der Waals surface area contributed by atoms with Gasteiger partial charge in [-0.3, -0.25) is 4.90 Å². The first-order valence-electron chi connectivity index (χ1n) is 8.54. The normalized spacial score (nSPS) is 16.9. The van der Waals surface area contributed by atoms with E-state index in [0.29, 0.717) is 0 Å². The van der Waals surface area contributed by atoms with Gasteiger partial charge >= 0.3 is 0 Å². The molecule has 23 heavy (non-hydrogen) atoms. The average molecular weight is 305 g/mol. The Morgan fingerprint density at radius 3 is 2.74 bits per heavy atom. The van der Waals surface area contributed by atoms with Crippen molar-refractivity contribution in [2.45, 2.75) is 26.3 Å². The Morgan fingerprint density at radius 2 is 1.91 bits per heavy atom. The van der Waals surface area contributed by atoms with Crippen LogP contribution in [0.2, 0.25) is 0 Å². The van der Waals surface area contributed by atoms with Crippen molar-refractivity contribution in [3.63, 3.8) is 0 Å². The highest BCUT2D eigenvalue weighted by Crippen LogP contribution is 2.23. The predicted molar refractivity (Wildman–Crippen MR) is 95.2 cm³/mol. The maximum Gasteiger partial charge on any atom is 0.138 e. The fourth-order valence-electron chi connectivity index (χ4n) is 3.38. The maximum absolute atomic E-state index is 4.71. The third-order valence-electron chi connectivity index (χ3n) is 4.87. The van der Waals surface area contributed by atoms with Crippen molar-refractivity contribution in [2.75, 3.05) is 13.1 Å². The van der Waals surface area contributed by atoms with Crippen LogP contribution in [-0.4, -0.2) is 28.0 Å². The van der Waals surface area contributed by atoms with Crippen LogP contribution in [0.3, 0.4) is 0 Å². The number of para-hydroxylation sites is 2. The molecule has 1 saturated heterocycles. The van der Waals surface area contributed by atoms with Crippen molar-refractivity contribution in [2.24, 2.45) is 5.92 Å². The molecule has 1 aromatic heterocycles. The SMILES string of the molecule is CC1CCN(Cc2cccc(-c3nc4ccccc4[nH]3)c2)CC1. The average Bonchev–Trinajstić information content (AvgIpc) is 3.01. The molecule has 1 aliphatic rings. The molecule has 118 valence electrons. The Morgan fingerprint density at radius 1 is 1.09 bits per heavy atom. The first-order valence-corrected chi connectivity index (χ1v) is 8.54. The van der Waals surface area contributed by atoms with Gasteiger partial charge in [-0.2, -0.15) is 0 Å². The van der Waals surface area contributed by atoms with E-state index in [1.807, 2.05) is 18.2 Å². The number of nitrogens with one attached hydrogen (secondary N) is 1. The number of aromatic nitrogens is 2. The highest BCUT2D eigenvalue weighted by Gasteiger charge is 2.16. The minimum Gasteiger partial charge on any atom is -0.338 e. The van der Waals surface area contributed by atoms with Crippen molar-refractivity contribution in [1.29, 1.82) is 0 Å². The van der Waals surface area contributed by atoms with Gasteiger partial charge in [-0.1, -0.05) is 37.3 Å². The summed E-state index contributed by atoms with van der Waals surface area (Å²) in [6.07, 6.45) is 2.65. The van der Waals surface area contributed by atoms with Crippen LogP contribution < -0.4 is 0 Å². The van der Waals surface area contributed by atoms with Crippen LogP contribution in [0.15, 0.2) is 48.5 Å². The number of piperidine rings is 1. The minimum atomic E-state index is 0.883. The number of imidazole rings is 1. The van der Waals surface area contributed by atoms with E-state index in [4.69, 9.17) is 4.98 Å². The molecule has 0 bridgehead atoms. The summed E-state index contributed by atoms with van der Waals surface area (Å²) in [5, 5.41) is 0. The fourth-order valence-corrected chi connectivity index (χ4v) is 3.38. The molecule has 1 fully saturated rings. The second-order valence-electron chi connectivity index (χ2n) is 6.76. The summed E-state index contributed by atoms with van der Waals surface area (Å²) in [5.74, 6) is 1.84. The molecule has 0 saturated carbocycles. The molecule has 0 radical (unpaired) electrons. The molecular formula is C20H23N3. The standard InChI is InChI=1S/C20H23N3/c1-15-9-11-23(12-10-15)14-16-5-4-6-17(13-16)20-21-18-7-2-3-8-19(18)22-20/h2-8,13,15H,9-12,14H2,1H3,(H,21,22). The monoisotopic (exact) mass is 305 g/mol. The second-order valence-corrected chi connectivity index (χ2v) is 6.76. The number of rotatable bonds is 3. The van der Waals surface area contributed by atoms with E-state index in [0.717, 1.165) is 29.3 Å². The van der Waals surface area contributed by atoms with Gasteiger partial charge in [0.2, 0.25) is 0 Å². The van der Waals surface area contributed by atoms with Crippen LogP contribution in [0.5, 0.6) is 0 Å². The van der Waals surface area contributed by atoms with Crippen LogP contribution in [0, 0.1) is 5.92 Å². The number of nitrogens with zero attached hydrogens (tertiary/aromatic N) is 2. The Kier molecular flexibility index (Phi) is 3.88. The Labute approximate surface area is 137 Å². The van der Waals surface area contributed by atoms with Crippen molar-refractivity contribution < 1.29 is 0 Å². The number of benzene rings is 2. The zero-order chi connectivity index (χ0) is 15.6. The molecule has 3 nitrogen and oxygen atoms in total. The molecule has 0 unspecified atom stereocenters. The molecule has 1 aliphatic heterocycles. The van der Waals surface area contributed by atoms with Gasteiger partial charge < -0.3 is 4.98 Å². The second kappa shape index (κ2) is 6.17. The van der Waals surface area contributed by atoms with E-state index in [-0.39, 0.29) is 0 Å². The van der Waals surface area contributed by atoms with Gasteiger partial charge in [0, 0.05) is 12.1 Å². The fraction of sp³-hybridized carbons (Fsp3) is 0.350. The van der Waals surface area contributed by atoms with Crippen LogP contribution in [-0.2, 0) is 6.54 Å². The first-order chi connectivity index (χ1) is 11.3. The van der Waals surface area contributed by atoms with Crippen LogP contribution in [0.4, 0.5) is 0 Å². The highest BCUT2D eigenvalue weighted by molar-refractivity contribution is 5.79. The van der Waals surface area contributed by atoms with Crippen LogP contribution in [0.25, 0.3) is 22.4 Å². The van der Waals surface area contributed by atoms with Crippen LogP contribution >= 0.6 is 0 Å². The van der Waals surface area contributed by atoms with E-state index >= 15 is 0 Å². The molecule has 3 heteroatoms. The van der Waals surface area contributed by atoms with Gasteiger partial charge in [0.1, 0.15) is 5.82 Å². The number of fused-ring (bicyclic) bond motifs is 1. The third kappa shape index (κ3) is 3.15. The van der Waals surface area contributed by atoms with E-state index in [1.165, 1.54) is 37.1 Å². The van der Waals surface area contributed by atoms with Crippen molar-refractivity contribution >= 4 is 11.0 Å². The number of hydrogen-bond donors (Lipinski definition) is 1. The highest BCUT2D eigenvalue weighted by atomic mass is 15.1. The number of likely N-dealkylation sites (tertiary alicyclic amines) is 1.